The van der Waals surface area contributed by atoms with E-state index in [1.54, 1.807) is 0 Å². The molecule has 1 aromatic rings. The summed E-state index contributed by atoms with van der Waals surface area (Å²) in [5, 5.41) is 18.2. The van der Waals surface area contributed by atoms with Crippen molar-refractivity contribution in [1.29, 1.82) is 0 Å². The molecule has 0 radical (unpaired) electrons. The Morgan fingerprint density at radius 3 is 2.86 bits per heavy atom. The molecule has 2 rings (SSSR count). The van der Waals surface area contributed by atoms with Crippen molar-refractivity contribution in [3.8, 4) is 0 Å². The van der Waals surface area contributed by atoms with Gasteiger partial charge in [0.05, 0.1) is 32.5 Å². The second-order valence-electron chi connectivity index (χ2n) is 5.56. The minimum atomic E-state index is -0.825. The SMILES string of the molecule is CN1CCOC(COCC(O)CO)C(c2ccccc2)C1. The van der Waals surface area contributed by atoms with Gasteiger partial charge in [0.1, 0.15) is 6.10 Å². The van der Waals surface area contributed by atoms with Gasteiger partial charge in [-0.05, 0) is 12.6 Å². The summed E-state index contributed by atoms with van der Waals surface area (Å²) < 4.78 is 11.5. The third kappa shape index (κ3) is 5.05. The first-order chi connectivity index (χ1) is 10.2. The van der Waals surface area contributed by atoms with Crippen molar-refractivity contribution in [1.82, 2.24) is 4.90 Å². The van der Waals surface area contributed by atoms with Gasteiger partial charge in [0, 0.05) is 19.0 Å². The van der Waals surface area contributed by atoms with Gasteiger partial charge in [-0.15, -0.1) is 0 Å². The van der Waals surface area contributed by atoms with Crippen LogP contribution in [0.5, 0.6) is 0 Å². The summed E-state index contributed by atoms with van der Waals surface area (Å²) in [7, 11) is 2.10. The summed E-state index contributed by atoms with van der Waals surface area (Å²) >= 11 is 0. The number of ether oxygens (including phenoxy) is 2. The standard InChI is InChI=1S/C16H25NO4/c1-17-7-8-21-16(12-20-11-14(19)10-18)15(9-17)13-5-3-2-4-6-13/h2-6,14-16,18-19H,7-12H2,1H3. The van der Waals surface area contributed by atoms with Crippen LogP contribution in [0.2, 0.25) is 0 Å². The van der Waals surface area contributed by atoms with Crippen LogP contribution < -0.4 is 0 Å². The molecule has 0 amide bonds. The smallest absolute Gasteiger partial charge is 0.100 e. The fourth-order valence-electron chi connectivity index (χ4n) is 2.58. The van der Waals surface area contributed by atoms with Crippen LogP contribution in [-0.2, 0) is 9.47 Å². The Labute approximate surface area is 126 Å². The largest absolute Gasteiger partial charge is 0.394 e. The average Bonchev–Trinajstić information content (AvgIpc) is 2.70. The summed E-state index contributed by atoms with van der Waals surface area (Å²) in [4.78, 5) is 2.26. The van der Waals surface area contributed by atoms with Crippen molar-refractivity contribution in [2.75, 3.05) is 46.6 Å². The Bertz CT molecular complexity index is 401. The minimum Gasteiger partial charge on any atom is -0.394 e. The van der Waals surface area contributed by atoms with E-state index in [0.717, 1.165) is 13.1 Å². The van der Waals surface area contributed by atoms with Crippen LogP contribution in [0.15, 0.2) is 30.3 Å². The third-order valence-corrected chi connectivity index (χ3v) is 3.79. The van der Waals surface area contributed by atoms with E-state index >= 15 is 0 Å². The van der Waals surface area contributed by atoms with E-state index in [-0.39, 0.29) is 25.2 Å². The zero-order valence-corrected chi connectivity index (χ0v) is 12.5. The number of rotatable bonds is 6. The molecule has 5 nitrogen and oxygen atoms in total. The molecular weight excluding hydrogens is 270 g/mol. The van der Waals surface area contributed by atoms with E-state index in [4.69, 9.17) is 14.6 Å². The van der Waals surface area contributed by atoms with Crippen molar-refractivity contribution in [3.05, 3.63) is 35.9 Å². The van der Waals surface area contributed by atoms with E-state index < -0.39 is 6.10 Å². The zero-order valence-electron chi connectivity index (χ0n) is 12.5. The van der Waals surface area contributed by atoms with E-state index in [1.165, 1.54) is 5.56 Å². The van der Waals surface area contributed by atoms with Gasteiger partial charge in [-0.2, -0.15) is 0 Å². The molecular formula is C16H25NO4. The molecule has 1 heterocycles. The van der Waals surface area contributed by atoms with Gasteiger partial charge in [0.25, 0.3) is 0 Å². The molecule has 21 heavy (non-hydrogen) atoms. The summed E-state index contributed by atoms with van der Waals surface area (Å²) in [5.74, 6) is 0.241. The second kappa shape index (κ2) is 8.46. The number of nitrogens with zero attached hydrogens (tertiary/aromatic N) is 1. The Morgan fingerprint density at radius 2 is 2.14 bits per heavy atom. The normalized spacial score (nSPS) is 25.5. The van der Waals surface area contributed by atoms with E-state index in [9.17, 15) is 5.11 Å². The number of benzene rings is 1. The highest BCUT2D eigenvalue weighted by molar-refractivity contribution is 5.21. The molecule has 3 atom stereocenters. The van der Waals surface area contributed by atoms with Gasteiger partial charge in [0.2, 0.25) is 0 Å². The van der Waals surface area contributed by atoms with Crippen molar-refractivity contribution >= 4 is 0 Å². The molecule has 0 bridgehead atoms. The molecule has 1 saturated heterocycles. The first kappa shape index (κ1) is 16.4. The number of hydrogen-bond acceptors (Lipinski definition) is 5. The van der Waals surface area contributed by atoms with Crippen LogP contribution in [0.25, 0.3) is 0 Å². The van der Waals surface area contributed by atoms with Crippen LogP contribution in [-0.4, -0.2) is 73.9 Å². The van der Waals surface area contributed by atoms with Gasteiger partial charge >= 0.3 is 0 Å². The van der Waals surface area contributed by atoms with Gasteiger partial charge in [-0.1, -0.05) is 30.3 Å². The van der Waals surface area contributed by atoms with Crippen LogP contribution in [0.4, 0.5) is 0 Å². The van der Waals surface area contributed by atoms with Crippen molar-refractivity contribution < 1.29 is 19.7 Å². The van der Waals surface area contributed by atoms with Gasteiger partial charge in [0.15, 0.2) is 0 Å². The first-order valence-corrected chi connectivity index (χ1v) is 7.42. The lowest BCUT2D eigenvalue weighted by Crippen LogP contribution is -2.32. The van der Waals surface area contributed by atoms with Gasteiger partial charge in [-0.25, -0.2) is 0 Å². The molecule has 0 aromatic heterocycles. The maximum absolute atomic E-state index is 9.34. The van der Waals surface area contributed by atoms with Crippen LogP contribution in [0.1, 0.15) is 11.5 Å². The maximum Gasteiger partial charge on any atom is 0.100 e. The lowest BCUT2D eigenvalue weighted by Gasteiger charge is -2.27. The lowest BCUT2D eigenvalue weighted by atomic mass is 9.93. The Hall–Kier alpha value is -0.980. The molecule has 1 aromatic carbocycles. The highest BCUT2D eigenvalue weighted by Gasteiger charge is 2.28. The highest BCUT2D eigenvalue weighted by Crippen LogP contribution is 2.25. The van der Waals surface area contributed by atoms with Crippen molar-refractivity contribution in [2.24, 2.45) is 0 Å². The molecule has 0 saturated carbocycles. The third-order valence-electron chi connectivity index (χ3n) is 3.79. The summed E-state index contributed by atoms with van der Waals surface area (Å²) in [6.45, 7) is 2.77. The predicted octanol–water partition coefficient (Wildman–Crippen LogP) is 0.471. The van der Waals surface area contributed by atoms with Crippen LogP contribution >= 0.6 is 0 Å². The number of aliphatic hydroxyl groups excluding tert-OH is 2. The molecule has 1 aliphatic rings. The maximum atomic E-state index is 9.34. The fraction of sp³-hybridized carbons (Fsp3) is 0.625. The quantitative estimate of drug-likeness (QED) is 0.799. The van der Waals surface area contributed by atoms with Crippen LogP contribution in [0.3, 0.4) is 0 Å². The fourth-order valence-corrected chi connectivity index (χ4v) is 2.58. The average molecular weight is 295 g/mol. The summed E-state index contributed by atoms with van der Waals surface area (Å²) in [6, 6.07) is 10.3. The van der Waals surface area contributed by atoms with E-state index in [0.29, 0.717) is 13.2 Å². The number of hydrogen-bond donors (Lipinski definition) is 2. The molecule has 5 heteroatoms. The Morgan fingerprint density at radius 1 is 1.38 bits per heavy atom. The van der Waals surface area contributed by atoms with Gasteiger partial charge < -0.3 is 24.6 Å². The molecule has 0 aliphatic carbocycles. The van der Waals surface area contributed by atoms with Crippen LogP contribution in [0, 0.1) is 0 Å². The monoisotopic (exact) mass is 295 g/mol. The van der Waals surface area contributed by atoms with Crippen molar-refractivity contribution in [3.63, 3.8) is 0 Å². The Kier molecular flexibility index (Phi) is 6.60. The topological polar surface area (TPSA) is 62.2 Å². The van der Waals surface area contributed by atoms with Gasteiger partial charge in [-0.3, -0.25) is 0 Å². The highest BCUT2D eigenvalue weighted by atomic mass is 16.5. The molecule has 2 N–H and O–H groups in total. The zero-order chi connectivity index (χ0) is 15.1. The molecule has 0 spiro atoms. The van der Waals surface area contributed by atoms with Crippen molar-refractivity contribution in [2.45, 2.75) is 18.1 Å². The summed E-state index contributed by atoms with van der Waals surface area (Å²) in [6.07, 6.45) is -0.864. The summed E-state index contributed by atoms with van der Waals surface area (Å²) in [5.41, 5.74) is 1.24. The lowest BCUT2D eigenvalue weighted by molar-refractivity contribution is -0.0502. The molecule has 1 fully saturated rings. The molecule has 3 unspecified atom stereocenters. The van der Waals surface area contributed by atoms with E-state index in [2.05, 4.69) is 24.1 Å². The minimum absolute atomic E-state index is 0.0387. The Balaban J connectivity index is 2.00. The second-order valence-corrected chi connectivity index (χ2v) is 5.56. The number of likely N-dealkylation sites (N-methyl/N-ethyl adjacent to an activating group) is 1. The predicted molar refractivity (Wildman–Crippen MR) is 80.3 cm³/mol. The number of aliphatic hydroxyl groups is 2. The van der Waals surface area contributed by atoms with E-state index in [1.807, 2.05) is 18.2 Å². The molecule has 118 valence electrons. The first-order valence-electron chi connectivity index (χ1n) is 7.42. The molecule has 1 aliphatic heterocycles.